The van der Waals surface area contributed by atoms with E-state index in [0.717, 1.165) is 11.2 Å². The van der Waals surface area contributed by atoms with E-state index in [4.69, 9.17) is 28.3 Å². The van der Waals surface area contributed by atoms with Crippen molar-refractivity contribution in [3.63, 3.8) is 0 Å². The van der Waals surface area contributed by atoms with Crippen LogP contribution in [0.2, 0.25) is 10.0 Å². The third kappa shape index (κ3) is 3.82. The lowest BCUT2D eigenvalue weighted by molar-refractivity contribution is -0.136. The fourth-order valence-corrected chi connectivity index (χ4v) is 2.96. The Morgan fingerprint density at radius 1 is 1.42 bits per heavy atom. The molecular formula is C11H13Cl2NO4S. The van der Waals surface area contributed by atoms with Gasteiger partial charge in [0.25, 0.3) is 0 Å². The Bertz CT molecular complexity index is 588. The van der Waals surface area contributed by atoms with Gasteiger partial charge in [0.2, 0.25) is 10.0 Å². The van der Waals surface area contributed by atoms with Crippen LogP contribution in [-0.4, -0.2) is 36.1 Å². The molecule has 0 bridgehead atoms. The molecule has 1 unspecified atom stereocenters. The maximum Gasteiger partial charge on any atom is 0.323 e. The molecule has 0 aromatic heterocycles. The normalized spacial score (nSPS) is 13.5. The first-order valence-corrected chi connectivity index (χ1v) is 7.54. The number of benzene rings is 1. The van der Waals surface area contributed by atoms with Gasteiger partial charge in [-0.15, -0.1) is 0 Å². The highest BCUT2D eigenvalue weighted by Gasteiger charge is 2.31. The molecule has 0 spiro atoms. The van der Waals surface area contributed by atoms with Gasteiger partial charge in [-0.2, -0.15) is 4.31 Å². The SMILES string of the molecule is CC(C(=O)O)S(=O)(=O)N(C)Cc1ccc(Cl)cc1Cl. The van der Waals surface area contributed by atoms with Crippen molar-refractivity contribution in [1.82, 2.24) is 4.31 Å². The fraction of sp³-hybridized carbons (Fsp3) is 0.364. The summed E-state index contributed by atoms with van der Waals surface area (Å²) in [7, 11) is -2.62. The van der Waals surface area contributed by atoms with E-state index in [1.165, 1.54) is 13.1 Å². The number of hydrogen-bond donors (Lipinski definition) is 1. The van der Waals surface area contributed by atoms with Gasteiger partial charge >= 0.3 is 5.97 Å². The van der Waals surface area contributed by atoms with Gasteiger partial charge in [-0.25, -0.2) is 8.42 Å². The van der Waals surface area contributed by atoms with Crippen LogP contribution in [0.3, 0.4) is 0 Å². The van der Waals surface area contributed by atoms with Gasteiger partial charge in [-0.3, -0.25) is 4.79 Å². The minimum atomic E-state index is -3.92. The van der Waals surface area contributed by atoms with Crippen molar-refractivity contribution in [3.05, 3.63) is 33.8 Å². The summed E-state index contributed by atoms with van der Waals surface area (Å²) in [4.78, 5) is 10.8. The average molecular weight is 326 g/mol. The number of nitrogens with zero attached hydrogens (tertiary/aromatic N) is 1. The first-order chi connectivity index (χ1) is 8.66. The van der Waals surface area contributed by atoms with Gasteiger partial charge in [0, 0.05) is 23.6 Å². The highest BCUT2D eigenvalue weighted by atomic mass is 35.5. The van der Waals surface area contributed by atoms with Crippen molar-refractivity contribution in [2.75, 3.05) is 7.05 Å². The van der Waals surface area contributed by atoms with Crippen LogP contribution in [0.5, 0.6) is 0 Å². The Kier molecular flexibility index (Phi) is 5.20. The van der Waals surface area contributed by atoms with Gasteiger partial charge in [-0.05, 0) is 24.6 Å². The topological polar surface area (TPSA) is 74.7 Å². The molecule has 0 heterocycles. The number of rotatable bonds is 5. The van der Waals surface area contributed by atoms with Crippen LogP contribution in [0, 0.1) is 0 Å². The standard InChI is InChI=1S/C11H13Cl2NO4S/c1-7(11(15)16)19(17,18)14(2)6-8-3-4-9(12)5-10(8)13/h3-5,7H,6H2,1-2H3,(H,15,16). The predicted molar refractivity (Wildman–Crippen MR) is 73.9 cm³/mol. The lowest BCUT2D eigenvalue weighted by atomic mass is 10.2. The zero-order valence-electron chi connectivity index (χ0n) is 10.3. The van der Waals surface area contributed by atoms with Crippen LogP contribution in [0.15, 0.2) is 18.2 Å². The zero-order chi connectivity index (χ0) is 14.8. The smallest absolute Gasteiger partial charge is 0.323 e. The van der Waals surface area contributed by atoms with Crippen molar-refractivity contribution in [2.45, 2.75) is 18.7 Å². The van der Waals surface area contributed by atoms with Crippen molar-refractivity contribution in [1.29, 1.82) is 0 Å². The molecule has 0 saturated heterocycles. The molecule has 1 atom stereocenters. The van der Waals surface area contributed by atoms with Crippen LogP contribution in [0.25, 0.3) is 0 Å². The minimum Gasteiger partial charge on any atom is -0.480 e. The molecule has 1 N–H and O–H groups in total. The van der Waals surface area contributed by atoms with Gasteiger partial charge in [0.1, 0.15) is 0 Å². The lowest BCUT2D eigenvalue weighted by Gasteiger charge is -2.20. The molecule has 0 aliphatic carbocycles. The van der Waals surface area contributed by atoms with Crippen molar-refractivity contribution < 1.29 is 18.3 Å². The third-order valence-corrected chi connectivity index (χ3v) is 5.32. The summed E-state index contributed by atoms with van der Waals surface area (Å²) in [6.07, 6.45) is 0. The van der Waals surface area contributed by atoms with Crippen molar-refractivity contribution >= 4 is 39.2 Å². The largest absolute Gasteiger partial charge is 0.480 e. The molecule has 0 saturated carbocycles. The minimum absolute atomic E-state index is 0.0179. The Labute approximate surface area is 121 Å². The molecule has 8 heteroatoms. The van der Waals surface area contributed by atoms with E-state index in [0.29, 0.717) is 15.6 Å². The molecule has 5 nitrogen and oxygen atoms in total. The van der Waals surface area contributed by atoms with Gasteiger partial charge in [0.05, 0.1) is 0 Å². The Morgan fingerprint density at radius 2 is 2.00 bits per heavy atom. The predicted octanol–water partition coefficient (Wildman–Crippen LogP) is 2.23. The number of halogens is 2. The molecule has 0 aliphatic heterocycles. The second kappa shape index (κ2) is 6.09. The van der Waals surface area contributed by atoms with Crippen LogP contribution >= 0.6 is 23.2 Å². The Hall–Kier alpha value is -0.820. The number of hydrogen-bond acceptors (Lipinski definition) is 3. The van der Waals surface area contributed by atoms with Crippen LogP contribution < -0.4 is 0 Å². The zero-order valence-corrected chi connectivity index (χ0v) is 12.6. The quantitative estimate of drug-likeness (QED) is 0.900. The summed E-state index contributed by atoms with van der Waals surface area (Å²) in [5.74, 6) is -1.39. The highest BCUT2D eigenvalue weighted by Crippen LogP contribution is 2.23. The van der Waals surface area contributed by atoms with Gasteiger partial charge in [-0.1, -0.05) is 29.3 Å². The summed E-state index contributed by atoms with van der Waals surface area (Å²) in [6, 6.07) is 4.69. The lowest BCUT2D eigenvalue weighted by Crippen LogP contribution is -2.38. The molecule has 0 fully saturated rings. The molecule has 1 aromatic carbocycles. The van der Waals surface area contributed by atoms with Gasteiger partial charge < -0.3 is 5.11 Å². The number of carbonyl (C=O) groups is 1. The van der Waals surface area contributed by atoms with E-state index >= 15 is 0 Å². The number of carboxylic acid groups (broad SMARTS) is 1. The Balaban J connectivity index is 2.96. The van der Waals surface area contributed by atoms with E-state index in [2.05, 4.69) is 0 Å². The summed E-state index contributed by atoms with van der Waals surface area (Å²) < 4.78 is 24.8. The second-order valence-corrected chi connectivity index (χ2v) is 7.22. The number of carboxylic acids is 1. The molecule has 106 valence electrons. The van der Waals surface area contributed by atoms with E-state index in [9.17, 15) is 13.2 Å². The summed E-state index contributed by atoms with van der Waals surface area (Å²) in [6.45, 7) is 1.10. The Morgan fingerprint density at radius 3 is 2.47 bits per heavy atom. The highest BCUT2D eigenvalue weighted by molar-refractivity contribution is 7.90. The van der Waals surface area contributed by atoms with E-state index in [-0.39, 0.29) is 6.54 Å². The molecule has 0 aliphatic rings. The summed E-state index contributed by atoms with van der Waals surface area (Å²) in [5, 5.41) is 8.04. The van der Waals surface area contributed by atoms with Crippen LogP contribution in [0.1, 0.15) is 12.5 Å². The van der Waals surface area contributed by atoms with Gasteiger partial charge in [0.15, 0.2) is 5.25 Å². The first kappa shape index (κ1) is 16.2. The van der Waals surface area contributed by atoms with Crippen LogP contribution in [0.4, 0.5) is 0 Å². The van der Waals surface area contributed by atoms with E-state index in [1.807, 2.05) is 0 Å². The molecule has 0 amide bonds. The maximum atomic E-state index is 11.9. The van der Waals surface area contributed by atoms with E-state index < -0.39 is 21.2 Å². The van der Waals surface area contributed by atoms with E-state index in [1.54, 1.807) is 12.1 Å². The molecular weight excluding hydrogens is 313 g/mol. The molecule has 0 radical (unpaired) electrons. The van der Waals surface area contributed by atoms with Crippen LogP contribution in [-0.2, 0) is 21.4 Å². The fourth-order valence-electron chi connectivity index (χ4n) is 1.38. The third-order valence-electron chi connectivity index (χ3n) is 2.64. The van der Waals surface area contributed by atoms with Crippen molar-refractivity contribution in [3.8, 4) is 0 Å². The molecule has 1 aromatic rings. The number of sulfonamides is 1. The summed E-state index contributed by atoms with van der Waals surface area (Å²) in [5.41, 5.74) is 0.551. The molecule has 1 rings (SSSR count). The number of aliphatic carboxylic acids is 1. The summed E-state index contributed by atoms with van der Waals surface area (Å²) >= 11 is 11.7. The first-order valence-electron chi connectivity index (χ1n) is 5.28. The second-order valence-electron chi connectivity index (χ2n) is 4.02. The maximum absolute atomic E-state index is 11.9. The molecule has 19 heavy (non-hydrogen) atoms. The average Bonchev–Trinajstić information content (AvgIpc) is 2.31. The monoisotopic (exact) mass is 325 g/mol. The van der Waals surface area contributed by atoms with Crippen molar-refractivity contribution in [2.24, 2.45) is 0 Å².